The molecule has 2 fully saturated rings. The van der Waals surface area contributed by atoms with Crippen molar-refractivity contribution in [1.29, 1.82) is 0 Å². The molecule has 0 saturated carbocycles. The molecule has 0 aliphatic carbocycles. The quantitative estimate of drug-likeness (QED) is 0.777. The van der Waals surface area contributed by atoms with Crippen LogP contribution in [0.1, 0.15) is 42.5 Å². The average molecular weight is 373 g/mol. The molecule has 0 aromatic heterocycles. The molecule has 1 N–H and O–H groups in total. The summed E-state index contributed by atoms with van der Waals surface area (Å²) in [7, 11) is 3.46. The fourth-order valence-electron chi connectivity index (χ4n) is 4.34. The highest BCUT2D eigenvalue weighted by atomic mass is 16.5. The number of nitrogens with one attached hydrogen (secondary N) is 1. The molecule has 2 aliphatic rings. The van der Waals surface area contributed by atoms with Crippen molar-refractivity contribution in [2.45, 2.75) is 38.1 Å². The second kappa shape index (κ2) is 9.22. The van der Waals surface area contributed by atoms with Gasteiger partial charge in [0.2, 0.25) is 0 Å². The largest absolute Gasteiger partial charge is 0.495 e. The molecule has 1 amide bonds. The number of likely N-dealkylation sites (tertiary alicyclic amines) is 2. The molecule has 2 heterocycles. The van der Waals surface area contributed by atoms with Crippen molar-refractivity contribution in [3.63, 3.8) is 0 Å². The van der Waals surface area contributed by atoms with E-state index in [0.717, 1.165) is 69.6 Å². The van der Waals surface area contributed by atoms with E-state index in [9.17, 15) is 9.59 Å². The first-order chi connectivity index (χ1) is 13.2. The Hall–Kier alpha value is -2.08. The lowest BCUT2D eigenvalue weighted by Crippen LogP contribution is -2.49. The highest BCUT2D eigenvalue weighted by Crippen LogP contribution is 2.28. The first-order valence-corrected chi connectivity index (χ1v) is 9.99. The number of carbonyl (C=O) groups is 2. The predicted molar refractivity (Wildman–Crippen MR) is 106 cm³/mol. The third-order valence-electron chi connectivity index (χ3n) is 6.06. The van der Waals surface area contributed by atoms with E-state index >= 15 is 0 Å². The number of rotatable bonds is 6. The molecule has 0 spiro atoms. The number of ether oxygens (including phenoxy) is 1. The van der Waals surface area contributed by atoms with Gasteiger partial charge in [0.05, 0.1) is 12.8 Å². The van der Waals surface area contributed by atoms with Crippen molar-refractivity contribution in [3.8, 4) is 5.75 Å². The minimum Gasteiger partial charge on any atom is -0.495 e. The van der Waals surface area contributed by atoms with E-state index in [0.29, 0.717) is 23.9 Å². The fourth-order valence-corrected chi connectivity index (χ4v) is 4.34. The van der Waals surface area contributed by atoms with E-state index in [-0.39, 0.29) is 5.91 Å². The summed E-state index contributed by atoms with van der Waals surface area (Å²) in [5, 5.41) is 3.08. The summed E-state index contributed by atoms with van der Waals surface area (Å²) >= 11 is 0. The number of hydrogen-bond acceptors (Lipinski definition) is 5. The van der Waals surface area contributed by atoms with Gasteiger partial charge in [0, 0.05) is 38.2 Å². The second-order valence-corrected chi connectivity index (χ2v) is 7.57. The van der Waals surface area contributed by atoms with Crippen molar-refractivity contribution in [1.82, 2.24) is 9.80 Å². The number of piperidine rings is 2. The number of nitrogens with zero attached hydrogens (tertiary/aromatic N) is 2. The summed E-state index contributed by atoms with van der Waals surface area (Å²) < 4.78 is 5.31. The highest BCUT2D eigenvalue weighted by Gasteiger charge is 2.30. The van der Waals surface area contributed by atoms with Gasteiger partial charge in [-0.1, -0.05) is 0 Å². The van der Waals surface area contributed by atoms with E-state index in [2.05, 4.69) is 10.2 Å². The Bertz CT molecular complexity index is 648. The van der Waals surface area contributed by atoms with Gasteiger partial charge in [-0.25, -0.2) is 0 Å². The van der Waals surface area contributed by atoms with Crippen LogP contribution in [0.3, 0.4) is 0 Å². The van der Waals surface area contributed by atoms with Crippen LogP contribution in [0.5, 0.6) is 5.75 Å². The van der Waals surface area contributed by atoms with E-state index in [1.165, 1.54) is 0 Å². The number of amides is 1. The Kier molecular flexibility index (Phi) is 6.72. The van der Waals surface area contributed by atoms with Gasteiger partial charge >= 0.3 is 0 Å². The third-order valence-corrected chi connectivity index (χ3v) is 6.06. The van der Waals surface area contributed by atoms with Gasteiger partial charge in [-0.3, -0.25) is 4.79 Å². The van der Waals surface area contributed by atoms with Crippen molar-refractivity contribution < 1.29 is 14.3 Å². The van der Waals surface area contributed by atoms with Gasteiger partial charge in [-0.2, -0.15) is 0 Å². The molecule has 1 aromatic carbocycles. The monoisotopic (exact) mass is 373 g/mol. The molecule has 0 atom stereocenters. The summed E-state index contributed by atoms with van der Waals surface area (Å²) in [6.45, 7) is 3.78. The molecule has 0 bridgehead atoms. The lowest BCUT2D eigenvalue weighted by molar-refractivity contribution is -0.109. The van der Waals surface area contributed by atoms with Crippen LogP contribution in [-0.2, 0) is 4.79 Å². The topological polar surface area (TPSA) is 61.9 Å². The van der Waals surface area contributed by atoms with E-state index < -0.39 is 0 Å². The third kappa shape index (κ3) is 4.61. The number of hydrogen-bond donors (Lipinski definition) is 1. The average Bonchev–Trinajstić information content (AvgIpc) is 2.73. The van der Waals surface area contributed by atoms with Crippen molar-refractivity contribution >= 4 is 17.9 Å². The van der Waals surface area contributed by atoms with Crippen LogP contribution < -0.4 is 10.1 Å². The van der Waals surface area contributed by atoms with Crippen molar-refractivity contribution in [2.75, 3.05) is 45.7 Å². The Morgan fingerprint density at radius 1 is 1.19 bits per heavy atom. The Morgan fingerprint density at radius 2 is 1.89 bits per heavy atom. The zero-order chi connectivity index (χ0) is 19.2. The lowest BCUT2D eigenvalue weighted by atomic mass is 9.91. The van der Waals surface area contributed by atoms with Crippen LogP contribution in [0.2, 0.25) is 0 Å². The maximum atomic E-state index is 12.9. The number of benzene rings is 1. The Balaban J connectivity index is 1.53. The van der Waals surface area contributed by atoms with Crippen LogP contribution in [-0.4, -0.2) is 68.4 Å². The summed E-state index contributed by atoms with van der Waals surface area (Å²) in [6.07, 6.45) is 6.06. The maximum absolute atomic E-state index is 12.9. The van der Waals surface area contributed by atoms with E-state index in [4.69, 9.17) is 4.74 Å². The molecule has 3 rings (SSSR count). The Labute approximate surface area is 161 Å². The SMILES string of the molecule is CNc1cc(C(=O)N2CCC(N3CCC(CC=O)CC3)CC2)ccc1OC. The number of methoxy groups -OCH3 is 1. The molecule has 0 unspecified atom stereocenters. The van der Waals surface area contributed by atoms with E-state index in [1.54, 1.807) is 7.11 Å². The minimum absolute atomic E-state index is 0.0947. The van der Waals surface area contributed by atoms with Gasteiger partial charge in [0.25, 0.3) is 5.91 Å². The second-order valence-electron chi connectivity index (χ2n) is 7.57. The molecular formula is C21H31N3O3. The first kappa shape index (κ1) is 19.7. The molecule has 0 radical (unpaired) electrons. The van der Waals surface area contributed by atoms with Gasteiger partial charge in [0.1, 0.15) is 12.0 Å². The lowest BCUT2D eigenvalue weighted by Gasteiger charge is -2.41. The number of aldehydes is 1. The molecule has 6 nitrogen and oxygen atoms in total. The fraction of sp³-hybridized carbons (Fsp3) is 0.619. The maximum Gasteiger partial charge on any atom is 0.253 e. The van der Waals surface area contributed by atoms with Crippen LogP contribution in [0.25, 0.3) is 0 Å². The van der Waals surface area contributed by atoms with Gasteiger partial charge < -0.3 is 24.6 Å². The van der Waals surface area contributed by atoms with Gasteiger partial charge in [0.15, 0.2) is 0 Å². The van der Waals surface area contributed by atoms with Crippen molar-refractivity contribution in [3.05, 3.63) is 23.8 Å². The predicted octanol–water partition coefficient (Wildman–Crippen LogP) is 2.64. The molecule has 148 valence electrons. The molecule has 6 heteroatoms. The smallest absolute Gasteiger partial charge is 0.253 e. The molecular weight excluding hydrogens is 342 g/mol. The van der Waals surface area contributed by atoms with Crippen molar-refractivity contribution in [2.24, 2.45) is 5.92 Å². The van der Waals surface area contributed by atoms with Crippen LogP contribution in [0, 0.1) is 5.92 Å². The molecule has 1 aromatic rings. The molecule has 27 heavy (non-hydrogen) atoms. The van der Waals surface area contributed by atoms with Gasteiger partial charge in [-0.05, 0) is 62.9 Å². The van der Waals surface area contributed by atoms with Gasteiger partial charge in [-0.15, -0.1) is 0 Å². The number of carbonyl (C=O) groups excluding carboxylic acids is 2. The Morgan fingerprint density at radius 3 is 2.48 bits per heavy atom. The van der Waals surface area contributed by atoms with Crippen LogP contribution in [0.15, 0.2) is 18.2 Å². The zero-order valence-corrected chi connectivity index (χ0v) is 16.4. The normalized spacial score (nSPS) is 19.7. The summed E-state index contributed by atoms with van der Waals surface area (Å²) in [4.78, 5) is 28.1. The zero-order valence-electron chi connectivity index (χ0n) is 16.4. The first-order valence-electron chi connectivity index (χ1n) is 9.99. The van der Waals surface area contributed by atoms with Crippen LogP contribution in [0.4, 0.5) is 5.69 Å². The minimum atomic E-state index is 0.0947. The molecule has 2 aliphatic heterocycles. The van der Waals surface area contributed by atoms with E-state index in [1.807, 2.05) is 30.1 Å². The van der Waals surface area contributed by atoms with Crippen LogP contribution >= 0.6 is 0 Å². The summed E-state index contributed by atoms with van der Waals surface area (Å²) in [5.41, 5.74) is 1.53. The standard InChI is InChI=1S/C21H31N3O3/c1-22-19-15-17(3-4-20(19)27-2)21(26)24-12-7-18(8-13-24)23-10-5-16(6-11-23)9-14-25/h3-4,14-16,18,22H,5-13H2,1-2H3. The summed E-state index contributed by atoms with van der Waals surface area (Å²) in [6, 6.07) is 6.11. The summed E-state index contributed by atoms with van der Waals surface area (Å²) in [5.74, 6) is 1.40. The highest BCUT2D eigenvalue weighted by molar-refractivity contribution is 5.95. The molecule has 2 saturated heterocycles. The number of anilines is 1.